The molecule has 0 amide bonds. The minimum absolute atomic E-state index is 0.118. The molecule has 0 spiro atoms. The van der Waals surface area contributed by atoms with E-state index in [1.165, 1.54) is 0 Å². The summed E-state index contributed by atoms with van der Waals surface area (Å²) in [6.07, 6.45) is -0.574. The normalized spacial score (nSPS) is 30.9. The van der Waals surface area contributed by atoms with E-state index in [9.17, 15) is 9.90 Å². The van der Waals surface area contributed by atoms with Crippen LogP contribution in [0.2, 0.25) is 15.5 Å². The molecule has 13 heteroatoms. The fourth-order valence-electron chi connectivity index (χ4n) is 3.01. The number of Topliss-reactive ketones (excluding diaryl/α,β-unsaturated/α-hetero) is 1. The quantitative estimate of drug-likeness (QED) is 0.506. The van der Waals surface area contributed by atoms with Crippen molar-refractivity contribution in [2.45, 2.75) is 27.9 Å². The molecule has 1 fully saturated rings. The monoisotopic (exact) mass is 329 g/mol. The summed E-state index contributed by atoms with van der Waals surface area (Å²) in [6.45, 7) is 0. The fraction of sp³-hybridized carbons (Fsp3) is 0.417. The zero-order valence-electron chi connectivity index (χ0n) is 13.2. The van der Waals surface area contributed by atoms with Crippen molar-refractivity contribution in [3.05, 3.63) is 10.6 Å². The number of rotatable bonds is 1. The maximum atomic E-state index is 13.0. The van der Waals surface area contributed by atoms with Crippen molar-refractivity contribution in [1.29, 1.82) is 0 Å². The van der Waals surface area contributed by atoms with Crippen LogP contribution in [0.1, 0.15) is 12.0 Å². The van der Waals surface area contributed by atoms with Gasteiger partial charge in [-0.25, -0.2) is 0 Å². The average Bonchev–Trinajstić information content (AvgIpc) is 2.47. The Bertz CT molecular complexity index is 753. The first-order valence-electron chi connectivity index (χ1n) is 6.96. The van der Waals surface area contributed by atoms with E-state index < -0.39 is 33.7 Å². The third-order valence-electron chi connectivity index (χ3n) is 4.72. The standard InChI is InChI=1S/C12H5B9ClNO2/c13-3-2(7(22)6(16)5(15)4(3)14)11(23)8(24)12(21,25)10(19,20)1-9(11,17)18/h25H,1,23H2. The molecule has 1 aromatic rings. The van der Waals surface area contributed by atoms with Gasteiger partial charge in [0.15, 0.2) is 5.78 Å². The zero-order valence-corrected chi connectivity index (χ0v) is 14.0. The Morgan fingerprint density at radius 3 is 1.80 bits per heavy atom. The summed E-state index contributed by atoms with van der Waals surface area (Å²) in [4.78, 5) is 13.0. The van der Waals surface area contributed by atoms with Gasteiger partial charge in [-0.05, 0) is 5.56 Å². The Hall–Kier alpha value is -0.316. The van der Waals surface area contributed by atoms with E-state index >= 15 is 0 Å². The first-order chi connectivity index (χ1) is 11.0. The lowest BCUT2D eigenvalue weighted by molar-refractivity contribution is -0.141. The van der Waals surface area contributed by atoms with Gasteiger partial charge in [0.05, 0.1) is 42.4 Å². The summed E-state index contributed by atoms with van der Waals surface area (Å²) in [5.74, 6) is -1.31. The van der Waals surface area contributed by atoms with Crippen molar-refractivity contribution < 1.29 is 9.90 Å². The van der Waals surface area contributed by atoms with E-state index in [0.717, 1.165) is 0 Å². The molecule has 0 bridgehead atoms. The minimum Gasteiger partial charge on any atom is -0.393 e. The Morgan fingerprint density at radius 2 is 1.32 bits per heavy atom. The lowest BCUT2D eigenvalue weighted by atomic mass is 9.24. The number of ketones is 1. The van der Waals surface area contributed by atoms with E-state index in [0.29, 0.717) is 0 Å². The Morgan fingerprint density at radius 1 is 0.880 bits per heavy atom. The van der Waals surface area contributed by atoms with Crippen LogP contribution in [0.5, 0.6) is 0 Å². The van der Waals surface area contributed by atoms with Crippen LogP contribution in [0.15, 0.2) is 0 Å². The van der Waals surface area contributed by atoms with Crippen LogP contribution >= 0.6 is 11.6 Å². The maximum Gasteiger partial charge on any atom is 0.177 e. The number of halogens is 1. The summed E-state index contributed by atoms with van der Waals surface area (Å²) in [5.41, 5.74) is -0.122. The highest BCUT2D eigenvalue weighted by Gasteiger charge is 2.63. The molecule has 18 radical (unpaired) electrons. The molecule has 0 heterocycles. The number of hydrogen-bond donors (Lipinski definition) is 2. The first kappa shape index (κ1) is 21.0. The van der Waals surface area contributed by atoms with Crippen molar-refractivity contribution in [3.8, 4) is 0 Å². The second-order valence-electron chi connectivity index (χ2n) is 6.50. The van der Waals surface area contributed by atoms with Crippen molar-refractivity contribution in [1.82, 2.24) is 0 Å². The molecule has 0 aromatic heterocycles. The second kappa shape index (κ2) is 5.84. The summed E-state index contributed by atoms with van der Waals surface area (Å²) in [6, 6.07) is 0. The third-order valence-corrected chi connectivity index (χ3v) is 5.12. The van der Waals surface area contributed by atoms with Gasteiger partial charge < -0.3 is 10.8 Å². The number of aliphatic hydroxyl groups is 1. The molecule has 3 N–H and O–H groups in total. The SMILES string of the molecule is [B]c1c([B])c([B])c(C2(N)C(=O)C([B])(O)C([B])([B])CC2([B])[B])c(Cl)c1[B]. The molecule has 104 valence electrons. The van der Waals surface area contributed by atoms with Gasteiger partial charge in [0.2, 0.25) is 0 Å². The van der Waals surface area contributed by atoms with E-state index in [1.807, 2.05) is 0 Å². The van der Waals surface area contributed by atoms with Crippen molar-refractivity contribution in [3.63, 3.8) is 0 Å². The first-order valence-corrected chi connectivity index (χ1v) is 7.34. The highest BCUT2D eigenvalue weighted by molar-refractivity contribution is 6.66. The topological polar surface area (TPSA) is 63.3 Å². The van der Waals surface area contributed by atoms with Crippen LogP contribution in [0.25, 0.3) is 0 Å². The fourth-order valence-corrected chi connectivity index (χ4v) is 3.36. The summed E-state index contributed by atoms with van der Waals surface area (Å²) in [7, 11) is 52.3. The summed E-state index contributed by atoms with van der Waals surface area (Å²) in [5, 5.41) is 5.79. The van der Waals surface area contributed by atoms with E-state index in [2.05, 4.69) is 0 Å². The zero-order chi connectivity index (χ0) is 19.7. The number of carbonyl (C=O) groups excluding carboxylic acids is 1. The number of carbonyl (C=O) groups is 1. The van der Waals surface area contributed by atoms with Gasteiger partial charge in [0.1, 0.15) is 39.2 Å². The molecule has 1 aromatic carbocycles. The van der Waals surface area contributed by atoms with Gasteiger partial charge in [0, 0.05) is 5.02 Å². The summed E-state index contributed by atoms with van der Waals surface area (Å²) < 4.78 is 0. The van der Waals surface area contributed by atoms with Gasteiger partial charge in [-0.2, -0.15) is 0 Å². The van der Waals surface area contributed by atoms with Crippen LogP contribution in [-0.4, -0.2) is 87.0 Å². The van der Waals surface area contributed by atoms with Gasteiger partial charge in [-0.3, -0.25) is 4.79 Å². The largest absolute Gasteiger partial charge is 0.393 e. The molecular formula is C12H5B9ClNO2. The van der Waals surface area contributed by atoms with Gasteiger partial charge in [-0.15, -0.1) is 10.9 Å². The van der Waals surface area contributed by atoms with Gasteiger partial charge >= 0.3 is 0 Å². The third kappa shape index (κ3) is 2.58. The predicted molar refractivity (Wildman–Crippen MR) is 108 cm³/mol. The molecule has 25 heavy (non-hydrogen) atoms. The van der Waals surface area contributed by atoms with Gasteiger partial charge in [0.25, 0.3) is 0 Å². The van der Waals surface area contributed by atoms with E-state index in [1.54, 1.807) is 0 Å². The Labute approximate surface area is 164 Å². The second-order valence-corrected chi connectivity index (χ2v) is 6.88. The number of nitrogens with two attached hydrogens (primary N) is 1. The minimum atomic E-state index is -2.80. The van der Waals surface area contributed by atoms with E-state index in [-0.39, 0.29) is 32.4 Å². The molecule has 1 aliphatic carbocycles. The van der Waals surface area contributed by atoms with Crippen molar-refractivity contribution in [2.24, 2.45) is 5.73 Å². The molecule has 3 nitrogen and oxygen atoms in total. The molecule has 2 atom stereocenters. The predicted octanol–water partition coefficient (Wildman–Crippen LogP) is -5.59. The molecular weight excluding hydrogens is 323 g/mol. The number of hydrogen-bond acceptors (Lipinski definition) is 3. The van der Waals surface area contributed by atoms with Crippen LogP contribution in [0.4, 0.5) is 0 Å². The van der Waals surface area contributed by atoms with Crippen LogP contribution in [0, 0.1) is 0 Å². The van der Waals surface area contributed by atoms with Crippen LogP contribution in [0.3, 0.4) is 0 Å². The molecule has 0 aliphatic heterocycles. The lowest BCUT2D eigenvalue weighted by Crippen LogP contribution is -2.73. The van der Waals surface area contributed by atoms with Crippen LogP contribution in [-0.2, 0) is 10.3 Å². The number of benzene rings is 1. The smallest absolute Gasteiger partial charge is 0.177 e. The maximum absolute atomic E-state index is 13.0. The Balaban J connectivity index is 2.93. The van der Waals surface area contributed by atoms with Crippen molar-refractivity contribution in [2.75, 3.05) is 0 Å². The Kier molecular flexibility index (Phi) is 4.90. The molecule has 1 saturated carbocycles. The molecule has 2 unspecified atom stereocenters. The summed E-state index contributed by atoms with van der Waals surface area (Å²) >= 11 is 6.19. The van der Waals surface area contributed by atoms with Gasteiger partial charge in [-0.1, -0.05) is 39.4 Å². The molecule has 2 rings (SSSR count). The highest BCUT2D eigenvalue weighted by Crippen LogP contribution is 2.58. The van der Waals surface area contributed by atoms with Crippen LogP contribution < -0.4 is 27.6 Å². The lowest BCUT2D eigenvalue weighted by Gasteiger charge is -2.60. The highest BCUT2D eigenvalue weighted by atomic mass is 35.5. The molecule has 0 saturated heterocycles. The van der Waals surface area contributed by atoms with E-state index in [4.69, 9.17) is 88.0 Å². The molecule has 1 aliphatic rings. The average molecular weight is 328 g/mol. The van der Waals surface area contributed by atoms with Crippen molar-refractivity contribution >= 4 is 110 Å².